The van der Waals surface area contributed by atoms with Crippen molar-refractivity contribution in [1.82, 2.24) is 0 Å². The predicted molar refractivity (Wildman–Crippen MR) is 111 cm³/mol. The van der Waals surface area contributed by atoms with Crippen LogP contribution in [-0.2, 0) is 43.6 Å². The Kier molecular flexibility index (Phi) is 12.0. The Bertz CT molecular complexity index is 768. The highest BCUT2D eigenvalue weighted by Gasteiger charge is 2.30. The number of hydrogen-bond donors (Lipinski definition) is 0. The lowest BCUT2D eigenvalue weighted by Gasteiger charge is -2.15. The molecule has 0 aromatic heterocycles. The molecular formula is C21H29O8P. The number of rotatable bonds is 12. The second kappa shape index (κ2) is 13.9. The first-order valence-electron chi connectivity index (χ1n) is 9.84. The summed E-state index contributed by atoms with van der Waals surface area (Å²) in [6, 6.07) is 7.08. The molecule has 1 aromatic carbocycles. The number of hydrogen-bond acceptors (Lipinski definition) is 8. The van der Waals surface area contributed by atoms with E-state index in [1.54, 1.807) is 52.0 Å². The summed E-state index contributed by atoms with van der Waals surface area (Å²) in [6.07, 6.45) is 0.0831. The standard InChI is InChI=1S/C21H29O8P/c1-5-25-20(22)19(21(23)26-6-2)16-18-13-10-9-12-17(18)14-11-15-29-30(24,27-7-3)28-8-4/h9-10,12-13,19H,5-8,15-16H2,1-4H3. The molecule has 9 heteroatoms. The van der Waals surface area contributed by atoms with E-state index in [9.17, 15) is 14.2 Å². The van der Waals surface area contributed by atoms with Crippen molar-refractivity contribution >= 4 is 19.8 Å². The van der Waals surface area contributed by atoms with Gasteiger partial charge in [-0.2, -0.15) is 0 Å². The molecule has 0 atom stereocenters. The topological polar surface area (TPSA) is 97.4 Å². The summed E-state index contributed by atoms with van der Waals surface area (Å²) < 4.78 is 37.6. The van der Waals surface area contributed by atoms with E-state index in [0.29, 0.717) is 11.1 Å². The smallest absolute Gasteiger partial charge is 0.465 e. The summed E-state index contributed by atoms with van der Waals surface area (Å²) in [4.78, 5) is 24.5. The zero-order chi connectivity index (χ0) is 22.4. The van der Waals surface area contributed by atoms with Crippen molar-refractivity contribution in [3.8, 4) is 11.8 Å². The van der Waals surface area contributed by atoms with E-state index < -0.39 is 25.7 Å². The Morgan fingerprint density at radius 1 is 0.900 bits per heavy atom. The molecule has 0 spiro atoms. The zero-order valence-electron chi connectivity index (χ0n) is 17.8. The van der Waals surface area contributed by atoms with Gasteiger partial charge in [-0.1, -0.05) is 30.0 Å². The van der Waals surface area contributed by atoms with Crippen LogP contribution in [0.4, 0.5) is 0 Å². The molecule has 1 rings (SSSR count). The Morgan fingerprint density at radius 2 is 1.47 bits per heavy atom. The van der Waals surface area contributed by atoms with Crippen molar-refractivity contribution in [3.63, 3.8) is 0 Å². The molecule has 0 amide bonds. The number of benzene rings is 1. The molecular weight excluding hydrogens is 411 g/mol. The van der Waals surface area contributed by atoms with Gasteiger partial charge in [-0.25, -0.2) is 4.57 Å². The summed E-state index contributed by atoms with van der Waals surface area (Å²) in [5.74, 6) is 3.30. The van der Waals surface area contributed by atoms with Crippen molar-refractivity contribution in [3.05, 3.63) is 35.4 Å². The Balaban J connectivity index is 2.96. The average molecular weight is 440 g/mol. The maximum atomic E-state index is 12.3. The summed E-state index contributed by atoms with van der Waals surface area (Å²) in [7, 11) is -3.64. The molecule has 0 unspecified atom stereocenters. The van der Waals surface area contributed by atoms with Gasteiger partial charge < -0.3 is 9.47 Å². The van der Waals surface area contributed by atoms with Gasteiger partial charge in [0.2, 0.25) is 0 Å². The van der Waals surface area contributed by atoms with Crippen LogP contribution in [0.1, 0.15) is 38.8 Å². The van der Waals surface area contributed by atoms with Crippen molar-refractivity contribution in [2.75, 3.05) is 33.0 Å². The first-order valence-corrected chi connectivity index (χ1v) is 11.3. The second-order valence-electron chi connectivity index (χ2n) is 5.78. The van der Waals surface area contributed by atoms with E-state index in [0.717, 1.165) is 0 Å². The first-order chi connectivity index (χ1) is 14.4. The Labute approximate surface area is 177 Å². The van der Waals surface area contributed by atoms with Gasteiger partial charge >= 0.3 is 19.8 Å². The maximum absolute atomic E-state index is 12.3. The summed E-state index contributed by atoms with van der Waals surface area (Å²) in [5.41, 5.74) is 1.27. The molecule has 166 valence electrons. The minimum absolute atomic E-state index is 0.0831. The summed E-state index contributed by atoms with van der Waals surface area (Å²) in [6.45, 7) is 7.20. The lowest BCUT2D eigenvalue weighted by atomic mass is 9.95. The van der Waals surface area contributed by atoms with Gasteiger partial charge in [-0.15, -0.1) is 0 Å². The molecule has 0 radical (unpaired) electrons. The molecule has 0 N–H and O–H groups in total. The average Bonchev–Trinajstić information content (AvgIpc) is 2.71. The summed E-state index contributed by atoms with van der Waals surface area (Å²) in [5, 5.41) is 0. The molecule has 0 saturated heterocycles. The molecule has 0 aliphatic rings. The third-order valence-corrected chi connectivity index (χ3v) is 5.27. The predicted octanol–water partition coefficient (Wildman–Crippen LogP) is 3.52. The van der Waals surface area contributed by atoms with Crippen molar-refractivity contribution in [1.29, 1.82) is 0 Å². The van der Waals surface area contributed by atoms with Crippen molar-refractivity contribution < 1.29 is 37.2 Å². The van der Waals surface area contributed by atoms with E-state index in [1.807, 2.05) is 0 Å². The zero-order valence-corrected chi connectivity index (χ0v) is 18.7. The molecule has 30 heavy (non-hydrogen) atoms. The van der Waals surface area contributed by atoms with Crippen LogP contribution in [0.25, 0.3) is 0 Å². The third-order valence-electron chi connectivity index (χ3n) is 3.68. The first kappa shape index (κ1) is 25.9. The fourth-order valence-electron chi connectivity index (χ4n) is 2.46. The van der Waals surface area contributed by atoms with E-state index in [4.69, 9.17) is 23.0 Å². The number of carbonyl (C=O) groups excluding carboxylic acids is 2. The van der Waals surface area contributed by atoms with Crippen LogP contribution in [0.5, 0.6) is 0 Å². The van der Waals surface area contributed by atoms with Crippen LogP contribution in [0.2, 0.25) is 0 Å². The van der Waals surface area contributed by atoms with E-state index >= 15 is 0 Å². The quantitative estimate of drug-likeness (QED) is 0.211. The van der Waals surface area contributed by atoms with Crippen LogP contribution < -0.4 is 0 Å². The van der Waals surface area contributed by atoms with Gasteiger partial charge in [-0.05, 0) is 45.7 Å². The number of carbonyl (C=O) groups is 2. The van der Waals surface area contributed by atoms with Gasteiger partial charge in [0.15, 0.2) is 5.92 Å². The van der Waals surface area contributed by atoms with Gasteiger partial charge in [-0.3, -0.25) is 23.2 Å². The van der Waals surface area contributed by atoms with Gasteiger partial charge in [0.05, 0.1) is 26.4 Å². The van der Waals surface area contributed by atoms with E-state index in [-0.39, 0.29) is 39.5 Å². The number of phosphoric ester groups is 1. The van der Waals surface area contributed by atoms with Crippen LogP contribution in [0.15, 0.2) is 24.3 Å². The highest BCUT2D eigenvalue weighted by molar-refractivity contribution is 7.48. The van der Waals surface area contributed by atoms with E-state index in [2.05, 4.69) is 11.8 Å². The van der Waals surface area contributed by atoms with Gasteiger partial charge in [0.1, 0.15) is 6.61 Å². The fourth-order valence-corrected chi connectivity index (χ4v) is 3.54. The molecule has 0 saturated carbocycles. The minimum Gasteiger partial charge on any atom is -0.465 e. The molecule has 0 aliphatic heterocycles. The van der Waals surface area contributed by atoms with Crippen LogP contribution >= 0.6 is 7.82 Å². The molecule has 1 aromatic rings. The number of phosphoric acid groups is 1. The van der Waals surface area contributed by atoms with Crippen LogP contribution in [0, 0.1) is 17.8 Å². The van der Waals surface area contributed by atoms with Gasteiger partial charge in [0.25, 0.3) is 0 Å². The monoisotopic (exact) mass is 440 g/mol. The van der Waals surface area contributed by atoms with E-state index in [1.165, 1.54) is 0 Å². The summed E-state index contributed by atoms with van der Waals surface area (Å²) >= 11 is 0. The number of esters is 2. The lowest BCUT2D eigenvalue weighted by molar-refractivity contribution is -0.161. The highest BCUT2D eigenvalue weighted by Crippen LogP contribution is 2.48. The number of ether oxygens (including phenoxy) is 2. The second-order valence-corrected chi connectivity index (χ2v) is 7.44. The Hall–Kier alpha value is -2.17. The fraction of sp³-hybridized carbons (Fsp3) is 0.524. The van der Waals surface area contributed by atoms with Crippen LogP contribution in [-0.4, -0.2) is 45.0 Å². The molecule has 8 nitrogen and oxygen atoms in total. The SMILES string of the molecule is CCOC(=O)C(Cc1ccccc1C#CCOP(=O)(OCC)OCC)C(=O)OCC. The Morgan fingerprint density at radius 3 is 2.00 bits per heavy atom. The third kappa shape index (κ3) is 8.68. The minimum atomic E-state index is -3.64. The molecule has 0 aliphatic carbocycles. The molecule has 0 bridgehead atoms. The normalized spacial score (nSPS) is 11.0. The molecule has 0 heterocycles. The van der Waals surface area contributed by atoms with Gasteiger partial charge in [0, 0.05) is 5.56 Å². The molecule has 0 fully saturated rings. The van der Waals surface area contributed by atoms with Crippen molar-refractivity contribution in [2.24, 2.45) is 5.92 Å². The van der Waals surface area contributed by atoms with Crippen LogP contribution in [0.3, 0.4) is 0 Å². The highest BCUT2D eigenvalue weighted by atomic mass is 31.2. The largest absolute Gasteiger partial charge is 0.475 e. The lowest BCUT2D eigenvalue weighted by Crippen LogP contribution is -2.30. The van der Waals surface area contributed by atoms with Crippen molar-refractivity contribution in [2.45, 2.75) is 34.1 Å². The maximum Gasteiger partial charge on any atom is 0.475 e.